The molecule has 3 amide bonds. The number of methoxy groups -OCH3 is 1. The highest BCUT2D eigenvalue weighted by Gasteiger charge is 2.17. The molecule has 3 N–H and O–H groups in total. The molecule has 0 heterocycles. The third-order valence-corrected chi connectivity index (χ3v) is 11.1. The summed E-state index contributed by atoms with van der Waals surface area (Å²) in [7, 11) is 1.62. The standard InChI is InChI=1S/C49H95N3O7/c1-4-6-8-10-12-14-16-18-20-22-24-26-28-30-32-35-46(53)51-43-45(44-59-49(56)38-37-47(54)50-39-34-40-58-42-41-57-3)52-48(55)36-33-31-29-27-25-23-21-19-17-15-13-11-9-7-5-2/h45H,4-44H2,1-3H3,(H,50,54)(H,51,53)(H,52,55). The van der Waals surface area contributed by atoms with E-state index in [9.17, 15) is 19.2 Å². The van der Waals surface area contributed by atoms with E-state index in [1.165, 1.54) is 154 Å². The Morgan fingerprint density at radius 1 is 0.424 bits per heavy atom. The van der Waals surface area contributed by atoms with Crippen LogP contribution in [0.1, 0.15) is 239 Å². The van der Waals surface area contributed by atoms with Gasteiger partial charge in [0.1, 0.15) is 6.61 Å². The molecule has 0 aliphatic heterocycles. The maximum atomic E-state index is 12.9. The molecule has 0 aromatic heterocycles. The van der Waals surface area contributed by atoms with Gasteiger partial charge in [-0.2, -0.15) is 0 Å². The summed E-state index contributed by atoms with van der Waals surface area (Å²) in [5.74, 6) is -0.872. The number of amides is 3. The first-order chi connectivity index (χ1) is 28.9. The summed E-state index contributed by atoms with van der Waals surface area (Å²) in [6.07, 6.45) is 39.7. The van der Waals surface area contributed by atoms with E-state index >= 15 is 0 Å². The number of carbonyl (C=O) groups is 4. The Kier molecular flexibility index (Phi) is 45.1. The molecule has 10 nitrogen and oxygen atoms in total. The van der Waals surface area contributed by atoms with Crippen LogP contribution in [0, 0.1) is 0 Å². The average Bonchev–Trinajstić information content (AvgIpc) is 3.23. The van der Waals surface area contributed by atoms with Crippen LogP contribution >= 0.6 is 0 Å². The van der Waals surface area contributed by atoms with Gasteiger partial charge in [0, 0.05) is 46.1 Å². The molecule has 0 aromatic rings. The predicted molar refractivity (Wildman–Crippen MR) is 245 cm³/mol. The van der Waals surface area contributed by atoms with E-state index in [-0.39, 0.29) is 43.7 Å². The number of ether oxygens (including phenoxy) is 3. The van der Waals surface area contributed by atoms with Crippen molar-refractivity contribution in [1.29, 1.82) is 0 Å². The summed E-state index contributed by atoms with van der Waals surface area (Å²) in [6, 6.07) is -0.528. The highest BCUT2D eigenvalue weighted by molar-refractivity contribution is 5.81. The lowest BCUT2D eigenvalue weighted by molar-refractivity contribution is -0.146. The van der Waals surface area contributed by atoms with Gasteiger partial charge in [-0.25, -0.2) is 0 Å². The Bertz CT molecular complexity index is 951. The summed E-state index contributed by atoms with van der Waals surface area (Å²) < 4.78 is 15.8. The number of carbonyl (C=O) groups excluding carboxylic acids is 4. The molecule has 0 aliphatic carbocycles. The van der Waals surface area contributed by atoms with E-state index in [1.807, 2.05) is 0 Å². The van der Waals surface area contributed by atoms with E-state index < -0.39 is 12.0 Å². The van der Waals surface area contributed by atoms with Crippen LogP contribution in [0.2, 0.25) is 0 Å². The van der Waals surface area contributed by atoms with Gasteiger partial charge < -0.3 is 30.2 Å². The number of hydrogen-bond donors (Lipinski definition) is 3. The second kappa shape index (κ2) is 46.9. The molecule has 0 bridgehead atoms. The largest absolute Gasteiger partial charge is 0.463 e. The van der Waals surface area contributed by atoms with Crippen molar-refractivity contribution in [1.82, 2.24) is 16.0 Å². The Hall–Kier alpha value is -2.20. The Morgan fingerprint density at radius 3 is 1.27 bits per heavy atom. The molecule has 0 radical (unpaired) electrons. The Balaban J connectivity index is 4.37. The summed E-state index contributed by atoms with van der Waals surface area (Å²) in [4.78, 5) is 50.3. The van der Waals surface area contributed by atoms with Gasteiger partial charge in [0.15, 0.2) is 0 Å². The minimum Gasteiger partial charge on any atom is -0.463 e. The summed E-state index contributed by atoms with van der Waals surface area (Å²) in [5.41, 5.74) is 0. The molecule has 59 heavy (non-hydrogen) atoms. The third-order valence-electron chi connectivity index (χ3n) is 11.1. The van der Waals surface area contributed by atoms with Gasteiger partial charge in [-0.1, -0.05) is 194 Å². The first-order valence-corrected chi connectivity index (χ1v) is 25.0. The first kappa shape index (κ1) is 56.8. The van der Waals surface area contributed by atoms with Crippen molar-refractivity contribution < 1.29 is 33.4 Å². The van der Waals surface area contributed by atoms with Crippen LogP contribution in [0.4, 0.5) is 0 Å². The molecule has 0 saturated heterocycles. The first-order valence-electron chi connectivity index (χ1n) is 25.0. The van der Waals surface area contributed by atoms with Gasteiger partial charge in [-0.05, 0) is 19.3 Å². The van der Waals surface area contributed by atoms with Gasteiger partial charge in [-0.3, -0.25) is 19.2 Å². The monoisotopic (exact) mass is 838 g/mol. The van der Waals surface area contributed by atoms with Gasteiger partial charge in [0.2, 0.25) is 17.7 Å². The van der Waals surface area contributed by atoms with Crippen LogP contribution in [0.3, 0.4) is 0 Å². The molecule has 348 valence electrons. The van der Waals surface area contributed by atoms with Crippen molar-refractivity contribution in [3.8, 4) is 0 Å². The van der Waals surface area contributed by atoms with Crippen LogP contribution in [-0.4, -0.2) is 76.4 Å². The smallest absolute Gasteiger partial charge is 0.306 e. The van der Waals surface area contributed by atoms with E-state index in [2.05, 4.69) is 29.8 Å². The lowest BCUT2D eigenvalue weighted by Crippen LogP contribution is -2.46. The van der Waals surface area contributed by atoms with Crippen molar-refractivity contribution in [3.05, 3.63) is 0 Å². The van der Waals surface area contributed by atoms with Gasteiger partial charge >= 0.3 is 5.97 Å². The number of hydrogen-bond acceptors (Lipinski definition) is 7. The highest BCUT2D eigenvalue weighted by atomic mass is 16.5. The molecule has 1 atom stereocenters. The third kappa shape index (κ3) is 45.2. The lowest BCUT2D eigenvalue weighted by Gasteiger charge is -2.19. The molecule has 0 rings (SSSR count). The number of unbranched alkanes of at least 4 members (excludes halogenated alkanes) is 28. The normalized spacial score (nSPS) is 11.7. The van der Waals surface area contributed by atoms with E-state index in [1.54, 1.807) is 7.11 Å². The summed E-state index contributed by atoms with van der Waals surface area (Å²) >= 11 is 0. The zero-order valence-corrected chi connectivity index (χ0v) is 38.9. The van der Waals surface area contributed by atoms with Crippen molar-refractivity contribution in [2.75, 3.05) is 46.6 Å². The van der Waals surface area contributed by atoms with E-state index in [4.69, 9.17) is 14.2 Å². The van der Waals surface area contributed by atoms with Crippen molar-refractivity contribution in [3.63, 3.8) is 0 Å². The topological polar surface area (TPSA) is 132 Å². The molecule has 0 aromatic carbocycles. The maximum Gasteiger partial charge on any atom is 0.306 e. The number of nitrogens with one attached hydrogen (secondary N) is 3. The quantitative estimate of drug-likeness (QED) is 0.0411. The van der Waals surface area contributed by atoms with Crippen LogP contribution in [0.5, 0.6) is 0 Å². The Labute approximate surface area is 363 Å². The summed E-state index contributed by atoms with van der Waals surface area (Å²) in [5, 5.41) is 8.73. The van der Waals surface area contributed by atoms with Gasteiger partial charge in [0.25, 0.3) is 0 Å². The maximum absolute atomic E-state index is 12.9. The van der Waals surface area contributed by atoms with Crippen LogP contribution in [-0.2, 0) is 33.4 Å². The molecular formula is C49H95N3O7. The van der Waals surface area contributed by atoms with Crippen LogP contribution in [0.15, 0.2) is 0 Å². The minimum atomic E-state index is -0.528. The second-order valence-electron chi connectivity index (χ2n) is 17.0. The molecule has 0 spiro atoms. The molecule has 0 saturated carbocycles. The molecule has 10 heteroatoms. The SMILES string of the molecule is CCCCCCCCCCCCCCCCCC(=O)NCC(COC(=O)CCC(=O)NCCCOCCOC)NC(=O)CCCCCCCCCCCCCCCCC. The van der Waals surface area contributed by atoms with Crippen molar-refractivity contribution in [2.45, 2.75) is 245 Å². The lowest BCUT2D eigenvalue weighted by atomic mass is 10.0. The average molecular weight is 838 g/mol. The number of esters is 1. The summed E-state index contributed by atoms with van der Waals surface area (Å²) in [6.45, 7) is 6.71. The van der Waals surface area contributed by atoms with Crippen LogP contribution in [0.25, 0.3) is 0 Å². The molecule has 1 unspecified atom stereocenters. The number of rotatable bonds is 47. The van der Waals surface area contributed by atoms with E-state index in [0.29, 0.717) is 45.6 Å². The zero-order chi connectivity index (χ0) is 43.1. The highest BCUT2D eigenvalue weighted by Crippen LogP contribution is 2.15. The Morgan fingerprint density at radius 2 is 0.831 bits per heavy atom. The second-order valence-corrected chi connectivity index (χ2v) is 17.0. The zero-order valence-electron chi connectivity index (χ0n) is 38.9. The van der Waals surface area contributed by atoms with Crippen LogP contribution < -0.4 is 16.0 Å². The van der Waals surface area contributed by atoms with Crippen molar-refractivity contribution >= 4 is 23.7 Å². The molecule has 0 fully saturated rings. The predicted octanol–water partition coefficient (Wildman–Crippen LogP) is 11.6. The fourth-order valence-electron chi connectivity index (χ4n) is 7.31. The fraction of sp³-hybridized carbons (Fsp3) is 0.918. The fourth-order valence-corrected chi connectivity index (χ4v) is 7.31. The van der Waals surface area contributed by atoms with E-state index in [0.717, 1.165) is 38.5 Å². The van der Waals surface area contributed by atoms with Gasteiger partial charge in [-0.15, -0.1) is 0 Å². The van der Waals surface area contributed by atoms with Gasteiger partial charge in [0.05, 0.1) is 25.7 Å². The molecular weight excluding hydrogens is 743 g/mol. The molecule has 0 aliphatic rings. The minimum absolute atomic E-state index is 0.0234. The van der Waals surface area contributed by atoms with Crippen molar-refractivity contribution in [2.24, 2.45) is 0 Å².